The van der Waals surface area contributed by atoms with E-state index in [-0.39, 0.29) is 24.9 Å². The van der Waals surface area contributed by atoms with Crippen LogP contribution in [-0.2, 0) is 17.8 Å². The Labute approximate surface area is 165 Å². The maximum absolute atomic E-state index is 12.8. The molecule has 146 valence electrons. The van der Waals surface area contributed by atoms with Crippen LogP contribution in [0.15, 0.2) is 42.5 Å². The molecule has 1 heterocycles. The van der Waals surface area contributed by atoms with Crippen LogP contribution in [0.5, 0.6) is 11.5 Å². The van der Waals surface area contributed by atoms with Crippen LogP contribution in [0.25, 0.3) is 0 Å². The highest BCUT2D eigenvalue weighted by atomic mass is 35.5. The van der Waals surface area contributed by atoms with Crippen molar-refractivity contribution >= 4 is 18.3 Å². The zero-order valence-electron chi connectivity index (χ0n) is 15.4. The van der Waals surface area contributed by atoms with Gasteiger partial charge < -0.3 is 25.2 Å². The highest BCUT2D eigenvalue weighted by Gasteiger charge is 2.33. The molecule has 1 aliphatic rings. The third kappa shape index (κ3) is 4.35. The van der Waals surface area contributed by atoms with Gasteiger partial charge in [-0.15, -0.1) is 12.4 Å². The van der Waals surface area contributed by atoms with E-state index < -0.39 is 12.1 Å². The minimum atomic E-state index is -0.850. The lowest BCUT2D eigenvalue weighted by molar-refractivity contribution is -0.135. The molecule has 2 aromatic rings. The molecular weight excluding hydrogens is 368 g/mol. The maximum atomic E-state index is 12.8. The summed E-state index contributed by atoms with van der Waals surface area (Å²) in [6, 6.07) is 12.5. The second-order valence-electron chi connectivity index (χ2n) is 6.39. The number of methoxy groups -OCH3 is 2. The van der Waals surface area contributed by atoms with Crippen molar-refractivity contribution in [2.24, 2.45) is 5.73 Å². The number of hydrogen-bond donors (Lipinski definition) is 2. The SMILES string of the molecule is COc1ccc(OC)c2c1CN(C(=O)[C@@H](N)Cc1ccccc1)CC2O.Cl. The largest absolute Gasteiger partial charge is 0.496 e. The summed E-state index contributed by atoms with van der Waals surface area (Å²) in [5.74, 6) is 1.02. The molecule has 0 saturated heterocycles. The third-order valence-corrected chi connectivity index (χ3v) is 4.72. The van der Waals surface area contributed by atoms with Crippen LogP contribution in [0.3, 0.4) is 0 Å². The number of nitrogens with two attached hydrogens (primary N) is 1. The van der Waals surface area contributed by atoms with E-state index in [2.05, 4.69) is 0 Å². The van der Waals surface area contributed by atoms with Crippen molar-refractivity contribution in [1.29, 1.82) is 0 Å². The van der Waals surface area contributed by atoms with Gasteiger partial charge in [0.2, 0.25) is 5.91 Å². The number of aliphatic hydroxyl groups is 1. The first-order valence-corrected chi connectivity index (χ1v) is 8.55. The Hall–Kier alpha value is -2.28. The normalized spacial score (nSPS) is 16.7. The number of ether oxygens (including phenoxy) is 2. The fourth-order valence-corrected chi connectivity index (χ4v) is 3.43. The van der Waals surface area contributed by atoms with Crippen molar-refractivity contribution in [3.05, 3.63) is 59.2 Å². The van der Waals surface area contributed by atoms with E-state index in [1.54, 1.807) is 31.3 Å². The summed E-state index contributed by atoms with van der Waals surface area (Å²) in [6.07, 6.45) is -0.398. The lowest BCUT2D eigenvalue weighted by atomic mass is 9.94. The Bertz CT molecular complexity index is 785. The zero-order valence-corrected chi connectivity index (χ0v) is 16.2. The number of carbonyl (C=O) groups is 1. The third-order valence-electron chi connectivity index (χ3n) is 4.72. The first-order chi connectivity index (χ1) is 12.5. The number of amides is 1. The van der Waals surface area contributed by atoms with Crippen molar-refractivity contribution in [3.63, 3.8) is 0 Å². The summed E-state index contributed by atoms with van der Waals surface area (Å²) in [5.41, 5.74) is 8.58. The van der Waals surface area contributed by atoms with E-state index >= 15 is 0 Å². The molecule has 6 nitrogen and oxygen atoms in total. The first-order valence-electron chi connectivity index (χ1n) is 8.55. The van der Waals surface area contributed by atoms with Crippen LogP contribution >= 0.6 is 12.4 Å². The van der Waals surface area contributed by atoms with Crippen LogP contribution in [0.1, 0.15) is 22.8 Å². The molecule has 1 aliphatic heterocycles. The molecule has 1 amide bonds. The van der Waals surface area contributed by atoms with E-state index in [0.29, 0.717) is 30.0 Å². The van der Waals surface area contributed by atoms with Gasteiger partial charge in [0.1, 0.15) is 17.6 Å². The molecule has 0 aliphatic carbocycles. The van der Waals surface area contributed by atoms with Crippen LogP contribution in [-0.4, -0.2) is 42.7 Å². The molecule has 0 bridgehead atoms. The van der Waals surface area contributed by atoms with Gasteiger partial charge in [-0.2, -0.15) is 0 Å². The molecule has 0 radical (unpaired) electrons. The molecule has 3 rings (SSSR count). The number of halogens is 1. The van der Waals surface area contributed by atoms with Crippen molar-refractivity contribution in [3.8, 4) is 11.5 Å². The lowest BCUT2D eigenvalue weighted by Gasteiger charge is -2.35. The van der Waals surface area contributed by atoms with Crippen LogP contribution in [0.2, 0.25) is 0 Å². The molecule has 7 heteroatoms. The fraction of sp³-hybridized carbons (Fsp3) is 0.350. The first kappa shape index (κ1) is 21.0. The number of β-amino-alcohol motifs (C(OH)–C–C–N with tert-alkyl or cyclic N) is 1. The van der Waals surface area contributed by atoms with E-state index in [1.165, 1.54) is 0 Å². The number of rotatable bonds is 5. The average Bonchev–Trinajstić information content (AvgIpc) is 2.67. The predicted molar refractivity (Wildman–Crippen MR) is 105 cm³/mol. The van der Waals surface area contributed by atoms with Crippen LogP contribution < -0.4 is 15.2 Å². The number of carbonyl (C=O) groups excluding carboxylic acids is 1. The predicted octanol–water partition coefficient (Wildman–Crippen LogP) is 2.07. The molecule has 0 spiro atoms. The summed E-state index contributed by atoms with van der Waals surface area (Å²) >= 11 is 0. The monoisotopic (exact) mass is 392 g/mol. The molecule has 2 aromatic carbocycles. The number of hydrogen-bond acceptors (Lipinski definition) is 5. The van der Waals surface area contributed by atoms with Crippen LogP contribution in [0, 0.1) is 0 Å². The highest BCUT2D eigenvalue weighted by molar-refractivity contribution is 5.85. The van der Waals surface area contributed by atoms with Gasteiger partial charge in [0.15, 0.2) is 0 Å². The zero-order chi connectivity index (χ0) is 18.7. The number of benzene rings is 2. The average molecular weight is 393 g/mol. The van der Waals surface area contributed by atoms with Gasteiger partial charge in [0.05, 0.1) is 26.8 Å². The molecule has 27 heavy (non-hydrogen) atoms. The van der Waals surface area contributed by atoms with Gasteiger partial charge in [-0.05, 0) is 24.1 Å². The highest BCUT2D eigenvalue weighted by Crippen LogP contribution is 2.39. The summed E-state index contributed by atoms with van der Waals surface area (Å²) in [7, 11) is 3.12. The standard InChI is InChI=1S/C20H24N2O4.ClH/c1-25-17-8-9-18(26-2)19-14(17)11-22(12-16(19)23)20(24)15(21)10-13-6-4-3-5-7-13;/h3-9,15-16,23H,10-12,21H2,1-2H3;1H/t15-,16?;/m0./s1. The second kappa shape index (κ2) is 9.08. The minimum Gasteiger partial charge on any atom is -0.496 e. The molecule has 3 N–H and O–H groups in total. The van der Waals surface area contributed by atoms with Crippen molar-refractivity contribution in [2.75, 3.05) is 20.8 Å². The smallest absolute Gasteiger partial charge is 0.240 e. The summed E-state index contributed by atoms with van der Waals surface area (Å²) in [5, 5.41) is 10.6. The van der Waals surface area contributed by atoms with Gasteiger partial charge in [-0.1, -0.05) is 30.3 Å². The quantitative estimate of drug-likeness (QED) is 0.813. The van der Waals surface area contributed by atoms with E-state index in [4.69, 9.17) is 15.2 Å². The Kier molecular flexibility index (Phi) is 7.07. The van der Waals surface area contributed by atoms with Crippen molar-refractivity contribution in [2.45, 2.75) is 25.1 Å². The molecule has 2 atom stereocenters. The van der Waals surface area contributed by atoms with Crippen molar-refractivity contribution < 1.29 is 19.4 Å². The topological polar surface area (TPSA) is 85.0 Å². The van der Waals surface area contributed by atoms with E-state index in [0.717, 1.165) is 11.1 Å². The van der Waals surface area contributed by atoms with E-state index in [9.17, 15) is 9.90 Å². The second-order valence-corrected chi connectivity index (χ2v) is 6.39. The van der Waals surface area contributed by atoms with Crippen molar-refractivity contribution in [1.82, 2.24) is 4.90 Å². The van der Waals surface area contributed by atoms with Gasteiger partial charge in [0.25, 0.3) is 0 Å². The van der Waals surface area contributed by atoms with Gasteiger partial charge >= 0.3 is 0 Å². The Balaban J connectivity index is 0.00000261. The molecule has 0 aromatic heterocycles. The Morgan fingerprint density at radius 1 is 1.19 bits per heavy atom. The fourth-order valence-electron chi connectivity index (χ4n) is 3.43. The lowest BCUT2D eigenvalue weighted by Crippen LogP contribution is -2.47. The maximum Gasteiger partial charge on any atom is 0.240 e. The molecule has 1 unspecified atom stereocenters. The minimum absolute atomic E-state index is 0. The Morgan fingerprint density at radius 2 is 1.81 bits per heavy atom. The Morgan fingerprint density at radius 3 is 2.44 bits per heavy atom. The van der Waals surface area contributed by atoms with Gasteiger partial charge in [0, 0.05) is 17.7 Å². The van der Waals surface area contributed by atoms with E-state index in [1.807, 2.05) is 30.3 Å². The van der Waals surface area contributed by atoms with Gasteiger partial charge in [-0.25, -0.2) is 0 Å². The molecule has 0 saturated carbocycles. The van der Waals surface area contributed by atoms with Gasteiger partial charge in [-0.3, -0.25) is 4.79 Å². The number of nitrogens with zero attached hydrogens (tertiary/aromatic N) is 1. The summed E-state index contributed by atoms with van der Waals surface area (Å²) in [6.45, 7) is 0.506. The van der Waals surface area contributed by atoms with Crippen LogP contribution in [0.4, 0.5) is 0 Å². The summed E-state index contributed by atoms with van der Waals surface area (Å²) in [4.78, 5) is 14.4. The number of aliphatic hydroxyl groups excluding tert-OH is 1. The number of fused-ring (bicyclic) bond motifs is 1. The molecular formula is C20H25ClN2O4. The molecule has 0 fully saturated rings. The summed E-state index contributed by atoms with van der Waals surface area (Å²) < 4.78 is 10.8.